The number of fused-ring (bicyclic) bond motifs is 1. The Hall–Kier alpha value is -2.12. The molecule has 22 heavy (non-hydrogen) atoms. The molecule has 3 rings (SSSR count). The Kier molecular flexibility index (Phi) is 3.76. The number of halogens is 2. The second kappa shape index (κ2) is 5.58. The highest BCUT2D eigenvalue weighted by atomic mass is 35.5. The van der Waals surface area contributed by atoms with Gasteiger partial charge in [0.05, 0.1) is 35.3 Å². The lowest BCUT2D eigenvalue weighted by Crippen LogP contribution is -2.01. The first kappa shape index (κ1) is 14.8. The van der Waals surface area contributed by atoms with Crippen LogP contribution in [0.25, 0.3) is 22.4 Å². The van der Waals surface area contributed by atoms with Gasteiger partial charge in [-0.1, -0.05) is 23.2 Å². The van der Waals surface area contributed by atoms with E-state index in [1.165, 1.54) is 20.5 Å². The zero-order valence-electron chi connectivity index (χ0n) is 12.0. The van der Waals surface area contributed by atoms with Gasteiger partial charge in [0.15, 0.2) is 5.82 Å². The van der Waals surface area contributed by atoms with Crippen molar-refractivity contribution >= 4 is 34.2 Å². The van der Waals surface area contributed by atoms with Gasteiger partial charge < -0.3 is 9.47 Å². The lowest BCUT2D eigenvalue weighted by Gasteiger charge is -2.12. The molecule has 0 unspecified atom stereocenters. The zero-order chi connectivity index (χ0) is 15.9. The SMILES string of the molecule is COc1nc2cc(Cl)c(Cl)c(-c3ncnn3C)c2nc1OC. The highest BCUT2D eigenvalue weighted by molar-refractivity contribution is 6.45. The van der Waals surface area contributed by atoms with E-state index in [-0.39, 0.29) is 11.8 Å². The number of aromatic nitrogens is 5. The summed E-state index contributed by atoms with van der Waals surface area (Å²) in [6, 6.07) is 1.62. The molecular weight excluding hydrogens is 329 g/mol. The third kappa shape index (κ3) is 2.22. The third-order valence-electron chi connectivity index (χ3n) is 3.11. The Bertz CT molecular complexity index is 865. The molecule has 0 aliphatic rings. The lowest BCUT2D eigenvalue weighted by atomic mass is 10.1. The Morgan fingerprint density at radius 2 is 1.77 bits per heavy atom. The molecule has 9 heteroatoms. The molecule has 0 amide bonds. The molecule has 0 fully saturated rings. The van der Waals surface area contributed by atoms with E-state index in [9.17, 15) is 0 Å². The molecule has 0 saturated heterocycles. The van der Waals surface area contributed by atoms with Crippen molar-refractivity contribution in [1.82, 2.24) is 24.7 Å². The summed E-state index contributed by atoms with van der Waals surface area (Å²) >= 11 is 12.6. The number of hydrogen-bond acceptors (Lipinski definition) is 6. The summed E-state index contributed by atoms with van der Waals surface area (Å²) in [5, 5.41) is 4.71. The Balaban J connectivity index is 2.44. The predicted molar refractivity (Wildman–Crippen MR) is 82.7 cm³/mol. The van der Waals surface area contributed by atoms with Crippen LogP contribution in [0, 0.1) is 0 Å². The van der Waals surface area contributed by atoms with E-state index >= 15 is 0 Å². The van der Waals surface area contributed by atoms with Crippen molar-refractivity contribution in [3.8, 4) is 23.1 Å². The highest BCUT2D eigenvalue weighted by Crippen LogP contribution is 2.39. The first-order valence-electron chi connectivity index (χ1n) is 6.19. The van der Waals surface area contributed by atoms with Gasteiger partial charge in [0, 0.05) is 7.05 Å². The van der Waals surface area contributed by atoms with Crippen molar-refractivity contribution in [2.45, 2.75) is 0 Å². The van der Waals surface area contributed by atoms with Gasteiger partial charge in [-0.15, -0.1) is 0 Å². The summed E-state index contributed by atoms with van der Waals surface area (Å²) in [4.78, 5) is 13.0. The number of rotatable bonds is 3. The summed E-state index contributed by atoms with van der Waals surface area (Å²) in [6.45, 7) is 0. The van der Waals surface area contributed by atoms with E-state index in [1.807, 2.05) is 0 Å². The molecule has 0 radical (unpaired) electrons. The number of benzene rings is 1. The number of methoxy groups -OCH3 is 2. The van der Waals surface area contributed by atoms with Crippen LogP contribution in [-0.2, 0) is 7.05 Å². The minimum absolute atomic E-state index is 0.247. The molecule has 0 aliphatic heterocycles. The van der Waals surface area contributed by atoms with Gasteiger partial charge in [-0.3, -0.25) is 0 Å². The van der Waals surface area contributed by atoms with Crippen LogP contribution < -0.4 is 9.47 Å². The normalized spacial score (nSPS) is 11.0. The number of hydrogen-bond donors (Lipinski definition) is 0. The van der Waals surface area contributed by atoms with Crippen LogP contribution in [0.1, 0.15) is 0 Å². The van der Waals surface area contributed by atoms with Gasteiger partial charge in [-0.2, -0.15) is 5.10 Å². The third-order valence-corrected chi connectivity index (χ3v) is 3.90. The van der Waals surface area contributed by atoms with Crippen molar-refractivity contribution in [3.63, 3.8) is 0 Å². The lowest BCUT2D eigenvalue weighted by molar-refractivity contribution is 0.334. The van der Waals surface area contributed by atoms with Crippen LogP contribution in [0.2, 0.25) is 10.0 Å². The molecule has 0 spiro atoms. The standard InChI is InChI=1S/C13H11Cl2N5O2/c1-20-11(16-5-17-20)8-9(15)6(14)4-7-10(8)19-13(22-3)12(18-7)21-2/h4-5H,1-3H3. The summed E-state index contributed by atoms with van der Waals surface area (Å²) in [5.74, 6) is 1.04. The fourth-order valence-corrected chi connectivity index (χ4v) is 2.53. The first-order valence-corrected chi connectivity index (χ1v) is 6.94. The quantitative estimate of drug-likeness (QED) is 0.730. The average Bonchev–Trinajstić information content (AvgIpc) is 2.93. The van der Waals surface area contributed by atoms with Crippen LogP contribution in [-0.4, -0.2) is 39.0 Å². The Morgan fingerprint density at radius 1 is 1.09 bits per heavy atom. The minimum Gasteiger partial charge on any atom is -0.477 e. The zero-order valence-corrected chi connectivity index (χ0v) is 13.5. The van der Waals surface area contributed by atoms with Gasteiger partial charge in [-0.05, 0) is 6.07 Å². The largest absolute Gasteiger partial charge is 0.477 e. The molecule has 0 atom stereocenters. The maximum atomic E-state index is 6.35. The van der Waals surface area contributed by atoms with Crippen LogP contribution in [0.5, 0.6) is 11.8 Å². The van der Waals surface area contributed by atoms with Crippen molar-refractivity contribution < 1.29 is 9.47 Å². The molecule has 114 valence electrons. The predicted octanol–water partition coefficient (Wildman–Crippen LogP) is 2.75. The van der Waals surface area contributed by atoms with Gasteiger partial charge in [0.2, 0.25) is 0 Å². The smallest absolute Gasteiger partial charge is 0.278 e. The molecular formula is C13H11Cl2N5O2. The number of ether oxygens (including phenoxy) is 2. The number of aryl methyl sites for hydroxylation is 1. The summed E-state index contributed by atoms with van der Waals surface area (Å²) in [6.07, 6.45) is 1.42. The molecule has 3 aromatic rings. The Morgan fingerprint density at radius 3 is 2.36 bits per heavy atom. The number of nitrogens with zero attached hydrogens (tertiary/aromatic N) is 5. The van der Waals surface area contributed by atoms with E-state index in [2.05, 4.69) is 20.1 Å². The average molecular weight is 340 g/mol. The van der Waals surface area contributed by atoms with E-state index in [1.54, 1.807) is 17.8 Å². The molecule has 0 bridgehead atoms. The van der Waals surface area contributed by atoms with Crippen molar-refractivity contribution in [2.24, 2.45) is 7.05 Å². The van der Waals surface area contributed by atoms with E-state index in [0.717, 1.165) is 0 Å². The molecule has 2 aromatic heterocycles. The summed E-state index contributed by atoms with van der Waals surface area (Å²) < 4.78 is 11.9. The maximum absolute atomic E-state index is 6.35. The van der Waals surface area contributed by atoms with Crippen molar-refractivity contribution in [1.29, 1.82) is 0 Å². The molecule has 0 aliphatic carbocycles. The molecule has 0 saturated carbocycles. The van der Waals surface area contributed by atoms with Crippen LogP contribution >= 0.6 is 23.2 Å². The van der Waals surface area contributed by atoms with E-state index in [4.69, 9.17) is 32.7 Å². The molecule has 2 heterocycles. The van der Waals surface area contributed by atoms with Crippen LogP contribution in [0.15, 0.2) is 12.4 Å². The highest BCUT2D eigenvalue weighted by Gasteiger charge is 2.21. The van der Waals surface area contributed by atoms with Gasteiger partial charge in [0.25, 0.3) is 11.8 Å². The Labute approximate surface area is 135 Å². The van der Waals surface area contributed by atoms with Gasteiger partial charge in [0.1, 0.15) is 11.8 Å². The maximum Gasteiger partial charge on any atom is 0.278 e. The topological polar surface area (TPSA) is 75.0 Å². The second-order valence-corrected chi connectivity index (χ2v) is 5.15. The van der Waals surface area contributed by atoms with Crippen LogP contribution in [0.3, 0.4) is 0 Å². The minimum atomic E-state index is 0.247. The summed E-state index contributed by atoms with van der Waals surface area (Å²) in [7, 11) is 4.72. The monoisotopic (exact) mass is 339 g/mol. The van der Waals surface area contributed by atoms with Crippen molar-refractivity contribution in [3.05, 3.63) is 22.4 Å². The molecule has 7 nitrogen and oxygen atoms in total. The first-order chi connectivity index (χ1) is 10.6. The van der Waals surface area contributed by atoms with E-state index in [0.29, 0.717) is 32.5 Å². The molecule has 0 N–H and O–H groups in total. The van der Waals surface area contributed by atoms with Crippen LogP contribution in [0.4, 0.5) is 0 Å². The molecule has 1 aromatic carbocycles. The van der Waals surface area contributed by atoms with Gasteiger partial charge >= 0.3 is 0 Å². The fourth-order valence-electron chi connectivity index (χ4n) is 2.10. The van der Waals surface area contributed by atoms with Crippen molar-refractivity contribution in [2.75, 3.05) is 14.2 Å². The summed E-state index contributed by atoms with van der Waals surface area (Å²) in [5.41, 5.74) is 1.56. The second-order valence-electron chi connectivity index (χ2n) is 4.36. The fraction of sp³-hybridized carbons (Fsp3) is 0.231. The van der Waals surface area contributed by atoms with E-state index < -0.39 is 0 Å². The van der Waals surface area contributed by atoms with Gasteiger partial charge in [-0.25, -0.2) is 19.6 Å².